The molecule has 2 aromatic heterocycles. The molecule has 3 N–H and O–H groups in total. The molecule has 3 saturated heterocycles. The molecule has 144 valence electrons. The van der Waals surface area contributed by atoms with Crippen molar-refractivity contribution in [3.05, 3.63) is 35.9 Å². The Hall–Kier alpha value is -2.65. The highest BCUT2D eigenvalue weighted by Crippen LogP contribution is 2.28. The van der Waals surface area contributed by atoms with Gasteiger partial charge in [0.2, 0.25) is 0 Å². The third kappa shape index (κ3) is 5.18. The number of thiophene rings is 1. The fourth-order valence-electron chi connectivity index (χ4n) is 3.34. The molecule has 9 heteroatoms. The van der Waals surface area contributed by atoms with Crippen molar-refractivity contribution in [3.63, 3.8) is 0 Å². The van der Waals surface area contributed by atoms with Crippen molar-refractivity contribution in [3.8, 4) is 10.7 Å². The molecule has 2 aromatic rings. The second-order valence-electron chi connectivity index (χ2n) is 6.37. The molecule has 2 bridgehead atoms. The second-order valence-corrected chi connectivity index (χ2v) is 7.32. The topological polar surface area (TPSA) is 110 Å². The maximum atomic E-state index is 9.55. The van der Waals surface area contributed by atoms with Crippen molar-refractivity contribution in [2.75, 3.05) is 31.1 Å². The van der Waals surface area contributed by atoms with Crippen LogP contribution in [-0.4, -0.2) is 69.2 Å². The Kier molecular flexibility index (Phi) is 6.25. The molecule has 8 nitrogen and oxygen atoms in total. The van der Waals surface area contributed by atoms with Crippen LogP contribution in [0, 0.1) is 0 Å². The molecule has 3 aliphatic heterocycles. The quantitative estimate of drug-likeness (QED) is 0.686. The molecule has 0 atom stereocenters. The molecule has 0 saturated carbocycles. The van der Waals surface area contributed by atoms with Crippen LogP contribution in [0.1, 0.15) is 12.8 Å². The number of carboxylic acid groups (broad SMARTS) is 2. The average molecular weight is 390 g/mol. The number of hydrogen-bond donors (Lipinski definition) is 3. The van der Waals surface area contributed by atoms with Gasteiger partial charge in [-0.25, -0.2) is 14.6 Å². The van der Waals surface area contributed by atoms with E-state index in [4.69, 9.17) is 10.2 Å². The molecule has 0 aromatic carbocycles. The highest BCUT2D eigenvalue weighted by atomic mass is 32.1. The third-order valence-corrected chi connectivity index (χ3v) is 5.53. The summed E-state index contributed by atoms with van der Waals surface area (Å²) in [6.45, 7) is 4.82. The van der Waals surface area contributed by atoms with Crippen molar-refractivity contribution in [2.45, 2.75) is 18.9 Å². The van der Waals surface area contributed by atoms with Gasteiger partial charge < -0.3 is 25.0 Å². The van der Waals surface area contributed by atoms with Crippen molar-refractivity contribution < 1.29 is 19.8 Å². The summed E-state index contributed by atoms with van der Waals surface area (Å²) in [5.74, 6) is -0.318. The number of aromatic nitrogens is 2. The van der Waals surface area contributed by atoms with Gasteiger partial charge in [0.25, 0.3) is 0 Å². The molecule has 3 aliphatic rings. The number of piperidine rings is 1. The molecular formula is C18H22N4O4S. The van der Waals surface area contributed by atoms with E-state index in [-0.39, 0.29) is 0 Å². The molecule has 5 heterocycles. The molecule has 3 fully saturated rings. The summed E-state index contributed by atoms with van der Waals surface area (Å²) in [4.78, 5) is 33.5. The van der Waals surface area contributed by atoms with Crippen LogP contribution in [0.4, 0.5) is 5.82 Å². The van der Waals surface area contributed by atoms with Gasteiger partial charge in [-0.1, -0.05) is 6.07 Å². The lowest BCUT2D eigenvalue weighted by molar-refractivity contribution is -0.134. The van der Waals surface area contributed by atoms with Crippen LogP contribution in [0.25, 0.3) is 10.7 Å². The molecule has 0 unspecified atom stereocenters. The Bertz CT molecular complexity index is 778. The fourth-order valence-corrected chi connectivity index (χ4v) is 4.02. The molecule has 27 heavy (non-hydrogen) atoms. The number of aromatic amines is 1. The Morgan fingerprint density at radius 3 is 2.44 bits per heavy atom. The highest BCUT2D eigenvalue weighted by Gasteiger charge is 2.29. The van der Waals surface area contributed by atoms with Gasteiger partial charge in [-0.3, -0.25) is 0 Å². The summed E-state index contributed by atoms with van der Waals surface area (Å²) in [5.41, 5.74) is 0. The number of aliphatic carboxylic acids is 2. The van der Waals surface area contributed by atoms with Gasteiger partial charge in [0.15, 0.2) is 0 Å². The second kappa shape index (κ2) is 8.83. The largest absolute Gasteiger partial charge is 0.478 e. The summed E-state index contributed by atoms with van der Waals surface area (Å²) in [6.07, 6.45) is 5.69. The first-order valence-corrected chi connectivity index (χ1v) is 9.62. The molecule has 0 aliphatic carbocycles. The smallest absolute Gasteiger partial charge is 0.328 e. The van der Waals surface area contributed by atoms with E-state index in [1.54, 1.807) is 11.3 Å². The molecule has 5 rings (SSSR count). The first-order chi connectivity index (χ1) is 13.0. The lowest BCUT2D eigenvalue weighted by Gasteiger charge is -2.31. The van der Waals surface area contributed by atoms with Crippen molar-refractivity contribution in [1.82, 2.24) is 14.9 Å². The number of carbonyl (C=O) groups is 2. The van der Waals surface area contributed by atoms with E-state index in [2.05, 4.69) is 37.3 Å². The van der Waals surface area contributed by atoms with E-state index in [1.165, 1.54) is 43.2 Å². The predicted molar refractivity (Wildman–Crippen MR) is 103 cm³/mol. The van der Waals surface area contributed by atoms with Gasteiger partial charge in [-0.2, -0.15) is 0 Å². The average Bonchev–Trinajstić information content (AvgIpc) is 3.27. The highest BCUT2D eigenvalue weighted by molar-refractivity contribution is 7.13. The number of fused-ring (bicyclic) bond motifs is 4. The summed E-state index contributed by atoms with van der Waals surface area (Å²) in [5, 5.41) is 17.7. The predicted octanol–water partition coefficient (Wildman–Crippen LogP) is 2.13. The minimum Gasteiger partial charge on any atom is -0.478 e. The number of nitrogens with zero attached hydrogens (tertiary/aromatic N) is 3. The van der Waals surface area contributed by atoms with Crippen LogP contribution in [0.3, 0.4) is 0 Å². The molecule has 0 radical (unpaired) electrons. The Labute approximate surface area is 160 Å². The standard InChI is InChI=1S/C14H18N4S.C4H4O4/c1-2-12(19-9-1)14-15-10-13(16-14)18-8-7-17-5-3-11(18)4-6-17;5-3(6)1-2-4(7)8/h1-2,9-11H,3-8H2,(H,15,16);1-2H,(H,5,6)(H,7,8)/b;2-1+. The summed E-state index contributed by atoms with van der Waals surface area (Å²) in [7, 11) is 0. The zero-order chi connectivity index (χ0) is 19.2. The number of imidazole rings is 1. The zero-order valence-corrected chi connectivity index (χ0v) is 15.6. The van der Waals surface area contributed by atoms with Gasteiger partial charge in [0, 0.05) is 44.4 Å². The van der Waals surface area contributed by atoms with E-state index in [1.807, 2.05) is 6.20 Å². The van der Waals surface area contributed by atoms with E-state index in [0.29, 0.717) is 18.2 Å². The van der Waals surface area contributed by atoms with Crippen LogP contribution < -0.4 is 4.90 Å². The number of anilines is 1. The van der Waals surface area contributed by atoms with Crippen molar-refractivity contribution in [2.24, 2.45) is 0 Å². The minimum atomic E-state index is -1.26. The minimum absolute atomic E-state index is 0.558. The Morgan fingerprint density at radius 1 is 1.15 bits per heavy atom. The first kappa shape index (κ1) is 19.1. The number of carboxylic acids is 2. The number of hydrogen-bond acceptors (Lipinski definition) is 6. The summed E-state index contributed by atoms with van der Waals surface area (Å²) < 4.78 is 0. The maximum Gasteiger partial charge on any atom is 0.328 e. The van der Waals surface area contributed by atoms with Crippen molar-refractivity contribution in [1.29, 1.82) is 0 Å². The van der Waals surface area contributed by atoms with Crippen LogP contribution in [0.15, 0.2) is 35.9 Å². The van der Waals surface area contributed by atoms with Crippen molar-refractivity contribution >= 4 is 29.1 Å². The first-order valence-electron chi connectivity index (χ1n) is 8.75. The van der Waals surface area contributed by atoms with E-state index in [9.17, 15) is 9.59 Å². The van der Waals surface area contributed by atoms with Crippen LogP contribution in [-0.2, 0) is 9.59 Å². The van der Waals surface area contributed by atoms with Gasteiger partial charge in [-0.05, 0) is 24.3 Å². The lowest BCUT2D eigenvalue weighted by Crippen LogP contribution is -2.38. The Morgan fingerprint density at radius 2 is 1.85 bits per heavy atom. The lowest BCUT2D eigenvalue weighted by atomic mass is 10.1. The van der Waals surface area contributed by atoms with Crippen LogP contribution in [0.5, 0.6) is 0 Å². The zero-order valence-electron chi connectivity index (χ0n) is 14.7. The normalized spacial score (nSPS) is 21.6. The summed E-state index contributed by atoms with van der Waals surface area (Å²) in [6, 6.07) is 4.88. The fraction of sp³-hybridized carbons (Fsp3) is 0.389. The van der Waals surface area contributed by atoms with Gasteiger partial charge in [-0.15, -0.1) is 11.3 Å². The van der Waals surface area contributed by atoms with Crippen LogP contribution in [0.2, 0.25) is 0 Å². The number of nitrogens with one attached hydrogen (secondary N) is 1. The van der Waals surface area contributed by atoms with Crippen LogP contribution >= 0.6 is 11.3 Å². The third-order valence-electron chi connectivity index (χ3n) is 4.65. The maximum absolute atomic E-state index is 9.55. The summed E-state index contributed by atoms with van der Waals surface area (Å²) >= 11 is 1.73. The van der Waals surface area contributed by atoms with Gasteiger partial charge >= 0.3 is 11.9 Å². The number of rotatable bonds is 4. The Balaban J connectivity index is 0.000000226. The van der Waals surface area contributed by atoms with E-state index >= 15 is 0 Å². The van der Waals surface area contributed by atoms with Gasteiger partial charge in [0.05, 0.1) is 11.1 Å². The monoisotopic (exact) mass is 390 g/mol. The molecular weight excluding hydrogens is 368 g/mol. The number of H-pyrrole nitrogens is 1. The SMILES string of the molecule is O=C(O)/C=C/C(=O)O.c1csc(-c2ncc(N3CCN4CCC3CC4)[nH]2)c1. The van der Waals surface area contributed by atoms with E-state index < -0.39 is 11.9 Å². The molecule has 0 spiro atoms. The molecule has 0 amide bonds. The van der Waals surface area contributed by atoms with Gasteiger partial charge in [0.1, 0.15) is 11.6 Å². The van der Waals surface area contributed by atoms with E-state index in [0.717, 1.165) is 12.4 Å².